The van der Waals surface area contributed by atoms with Crippen molar-refractivity contribution >= 4 is 21.9 Å². The molecular weight excluding hydrogens is 526 g/mol. The SMILES string of the molecule is C1=CCC(c2ccc(-c3nc(-c4ccccc4)nc(-c4cccc(-c5cccc6oc7ccccc7c56)c4)n3)cc2)C=C1. The second kappa shape index (κ2) is 10.7. The third-order valence-electron chi connectivity index (χ3n) is 8.08. The standard InChI is InChI=1S/C39H27N3O/c1-3-11-26(12-4-1)27-21-23-29(24-22-27)38-40-37(28-13-5-2-6-14-28)41-39(42-38)31-16-9-15-30(25-31)32-18-10-20-35-36(32)33-17-7-8-19-34(33)43-35/h1-11,13-26H,12H2. The van der Waals surface area contributed by atoms with Crippen LogP contribution in [0.3, 0.4) is 0 Å². The summed E-state index contributed by atoms with van der Waals surface area (Å²) in [5, 5.41) is 2.22. The fourth-order valence-corrected chi connectivity index (χ4v) is 5.90. The number of allylic oxidation sites excluding steroid dienone is 4. The molecule has 1 aliphatic carbocycles. The smallest absolute Gasteiger partial charge is 0.164 e. The molecule has 2 heterocycles. The van der Waals surface area contributed by atoms with Crippen LogP contribution in [0.2, 0.25) is 0 Å². The fourth-order valence-electron chi connectivity index (χ4n) is 5.90. The number of furan rings is 1. The Labute approximate surface area is 249 Å². The van der Waals surface area contributed by atoms with E-state index in [2.05, 4.69) is 91.0 Å². The van der Waals surface area contributed by atoms with Gasteiger partial charge in [0.15, 0.2) is 17.5 Å². The number of fused-ring (bicyclic) bond motifs is 3. The number of hydrogen-bond acceptors (Lipinski definition) is 4. The average molecular weight is 554 g/mol. The molecule has 0 saturated carbocycles. The maximum atomic E-state index is 6.17. The molecule has 5 aromatic carbocycles. The van der Waals surface area contributed by atoms with Gasteiger partial charge in [0.05, 0.1) is 0 Å². The van der Waals surface area contributed by atoms with Gasteiger partial charge in [-0.1, -0.05) is 127 Å². The summed E-state index contributed by atoms with van der Waals surface area (Å²) in [6.45, 7) is 0. The van der Waals surface area contributed by atoms with Gasteiger partial charge in [0.2, 0.25) is 0 Å². The lowest BCUT2D eigenvalue weighted by Gasteiger charge is -2.14. The highest BCUT2D eigenvalue weighted by atomic mass is 16.3. The first-order chi connectivity index (χ1) is 21.3. The quantitative estimate of drug-likeness (QED) is 0.213. The van der Waals surface area contributed by atoms with Gasteiger partial charge in [0.1, 0.15) is 11.2 Å². The Morgan fingerprint density at radius 2 is 1.19 bits per heavy atom. The van der Waals surface area contributed by atoms with Gasteiger partial charge in [-0.2, -0.15) is 0 Å². The predicted molar refractivity (Wildman–Crippen MR) is 174 cm³/mol. The van der Waals surface area contributed by atoms with Crippen molar-refractivity contribution in [3.8, 4) is 45.3 Å². The summed E-state index contributed by atoms with van der Waals surface area (Å²) in [5.41, 5.74) is 8.09. The molecule has 0 saturated heterocycles. The van der Waals surface area contributed by atoms with Gasteiger partial charge < -0.3 is 4.42 Å². The minimum atomic E-state index is 0.396. The van der Waals surface area contributed by atoms with Crippen molar-refractivity contribution in [1.29, 1.82) is 0 Å². The van der Waals surface area contributed by atoms with E-state index in [1.165, 1.54) is 5.56 Å². The normalized spacial score (nSPS) is 14.5. The van der Waals surface area contributed by atoms with Gasteiger partial charge in [-0.15, -0.1) is 0 Å². The van der Waals surface area contributed by atoms with E-state index >= 15 is 0 Å². The molecule has 1 aliphatic rings. The summed E-state index contributed by atoms with van der Waals surface area (Å²) in [4.78, 5) is 14.9. The molecule has 4 heteroatoms. The molecule has 7 aromatic rings. The van der Waals surface area contributed by atoms with E-state index in [9.17, 15) is 0 Å². The molecule has 0 aliphatic heterocycles. The van der Waals surface area contributed by atoms with E-state index in [1.54, 1.807) is 0 Å². The maximum absolute atomic E-state index is 6.17. The zero-order valence-corrected chi connectivity index (χ0v) is 23.4. The Hall–Kier alpha value is -5.61. The third-order valence-corrected chi connectivity index (χ3v) is 8.08. The zero-order chi connectivity index (χ0) is 28.6. The first-order valence-corrected chi connectivity index (χ1v) is 14.6. The molecule has 204 valence electrons. The van der Waals surface area contributed by atoms with Crippen molar-refractivity contribution in [1.82, 2.24) is 15.0 Å². The van der Waals surface area contributed by atoms with Crippen molar-refractivity contribution in [3.63, 3.8) is 0 Å². The number of rotatable bonds is 5. The Bertz CT molecular complexity index is 2160. The highest BCUT2D eigenvalue weighted by molar-refractivity contribution is 6.12. The van der Waals surface area contributed by atoms with Crippen molar-refractivity contribution in [3.05, 3.63) is 151 Å². The molecule has 0 amide bonds. The van der Waals surface area contributed by atoms with E-state index in [0.29, 0.717) is 23.4 Å². The van der Waals surface area contributed by atoms with Gasteiger partial charge in [-0.05, 0) is 41.3 Å². The summed E-state index contributed by atoms with van der Waals surface area (Å²) in [7, 11) is 0. The summed E-state index contributed by atoms with van der Waals surface area (Å²) in [5.74, 6) is 2.34. The van der Waals surface area contributed by atoms with Crippen molar-refractivity contribution in [2.24, 2.45) is 0 Å². The molecule has 0 fully saturated rings. The topological polar surface area (TPSA) is 51.8 Å². The molecule has 0 spiro atoms. The molecule has 2 aromatic heterocycles. The number of benzene rings is 5. The van der Waals surface area contributed by atoms with E-state index < -0.39 is 0 Å². The molecule has 0 N–H and O–H groups in total. The lowest BCUT2D eigenvalue weighted by atomic mass is 9.92. The van der Waals surface area contributed by atoms with Gasteiger partial charge in [0.25, 0.3) is 0 Å². The van der Waals surface area contributed by atoms with E-state index in [4.69, 9.17) is 19.4 Å². The minimum absolute atomic E-state index is 0.396. The van der Waals surface area contributed by atoms with Gasteiger partial charge in [0, 0.05) is 33.4 Å². The summed E-state index contributed by atoms with van der Waals surface area (Å²) < 4.78 is 6.17. The maximum Gasteiger partial charge on any atom is 0.164 e. The second-order valence-corrected chi connectivity index (χ2v) is 10.8. The number of aromatic nitrogens is 3. The minimum Gasteiger partial charge on any atom is -0.456 e. The second-order valence-electron chi connectivity index (χ2n) is 10.8. The third kappa shape index (κ3) is 4.73. The van der Waals surface area contributed by atoms with Gasteiger partial charge >= 0.3 is 0 Å². The summed E-state index contributed by atoms with van der Waals surface area (Å²) >= 11 is 0. The highest BCUT2D eigenvalue weighted by Crippen LogP contribution is 2.37. The number of para-hydroxylation sites is 1. The van der Waals surface area contributed by atoms with Crippen molar-refractivity contribution in [2.75, 3.05) is 0 Å². The van der Waals surface area contributed by atoms with Gasteiger partial charge in [-0.3, -0.25) is 0 Å². The van der Waals surface area contributed by atoms with E-state index in [0.717, 1.165) is 56.2 Å². The Balaban J connectivity index is 1.24. The van der Waals surface area contributed by atoms with Crippen LogP contribution >= 0.6 is 0 Å². The molecule has 4 nitrogen and oxygen atoms in total. The van der Waals surface area contributed by atoms with Crippen LogP contribution in [-0.2, 0) is 0 Å². The highest BCUT2D eigenvalue weighted by Gasteiger charge is 2.16. The van der Waals surface area contributed by atoms with Crippen LogP contribution in [0.4, 0.5) is 0 Å². The molecule has 1 unspecified atom stereocenters. The molecule has 0 radical (unpaired) electrons. The lowest BCUT2D eigenvalue weighted by Crippen LogP contribution is -2.01. The predicted octanol–water partition coefficient (Wildman–Crippen LogP) is 10.0. The Kier molecular flexibility index (Phi) is 6.23. The van der Waals surface area contributed by atoms with Crippen LogP contribution in [-0.4, -0.2) is 15.0 Å². The van der Waals surface area contributed by atoms with Gasteiger partial charge in [-0.25, -0.2) is 15.0 Å². The fraction of sp³-hybridized carbons (Fsp3) is 0.0513. The van der Waals surface area contributed by atoms with Crippen LogP contribution in [0.15, 0.2) is 150 Å². The van der Waals surface area contributed by atoms with Crippen LogP contribution < -0.4 is 0 Å². The molecule has 1 atom stereocenters. The van der Waals surface area contributed by atoms with Crippen LogP contribution in [0.5, 0.6) is 0 Å². The van der Waals surface area contributed by atoms with Crippen molar-refractivity contribution < 1.29 is 4.42 Å². The summed E-state index contributed by atoms with van der Waals surface area (Å²) in [6, 6.07) is 41.6. The molecule has 8 rings (SSSR count). The first-order valence-electron chi connectivity index (χ1n) is 14.6. The van der Waals surface area contributed by atoms with E-state index in [-0.39, 0.29) is 0 Å². The first kappa shape index (κ1) is 25.1. The zero-order valence-electron chi connectivity index (χ0n) is 23.4. The average Bonchev–Trinajstić information content (AvgIpc) is 3.48. The monoisotopic (exact) mass is 553 g/mol. The Morgan fingerprint density at radius 1 is 0.535 bits per heavy atom. The van der Waals surface area contributed by atoms with Crippen LogP contribution in [0.25, 0.3) is 67.2 Å². The number of nitrogens with zero attached hydrogens (tertiary/aromatic N) is 3. The van der Waals surface area contributed by atoms with Crippen LogP contribution in [0, 0.1) is 0 Å². The van der Waals surface area contributed by atoms with E-state index in [1.807, 2.05) is 54.6 Å². The van der Waals surface area contributed by atoms with Crippen LogP contribution in [0.1, 0.15) is 17.9 Å². The van der Waals surface area contributed by atoms with Crippen molar-refractivity contribution in [2.45, 2.75) is 12.3 Å². The molecular formula is C39H27N3O. The Morgan fingerprint density at radius 3 is 1.98 bits per heavy atom. The molecule has 43 heavy (non-hydrogen) atoms. The number of hydrogen-bond donors (Lipinski definition) is 0. The lowest BCUT2D eigenvalue weighted by molar-refractivity contribution is 0.669. The summed E-state index contributed by atoms with van der Waals surface area (Å²) in [6.07, 6.45) is 9.71. The molecule has 0 bridgehead atoms. The largest absolute Gasteiger partial charge is 0.456 e.